The molecule has 0 unspecified atom stereocenters. The van der Waals surface area contributed by atoms with Crippen molar-refractivity contribution in [2.45, 2.75) is 39.7 Å². The molecule has 1 amide bonds. The molecule has 0 spiro atoms. The van der Waals surface area contributed by atoms with Gasteiger partial charge in [-0.1, -0.05) is 0 Å². The summed E-state index contributed by atoms with van der Waals surface area (Å²) in [6.45, 7) is 7.10. The standard InChI is InChI=1S/C23H29FN6O/c1-16-13-17(2)30(28-16)12-9-23(31)25-15-18-7-10-29(11-8-18)22-14-21(26-27-22)19-3-5-20(24)6-4-19/h3-6,13-14,18H,7-12,15H2,1-2H3,(H,25,31)(H,26,27). The first-order valence-electron chi connectivity index (χ1n) is 10.8. The topological polar surface area (TPSA) is 78.8 Å². The summed E-state index contributed by atoms with van der Waals surface area (Å²) in [6, 6.07) is 10.4. The number of piperidine rings is 1. The van der Waals surface area contributed by atoms with Crippen LogP contribution < -0.4 is 10.2 Å². The number of nitrogens with zero attached hydrogens (tertiary/aromatic N) is 4. The maximum atomic E-state index is 13.1. The van der Waals surface area contributed by atoms with Crippen LogP contribution in [-0.2, 0) is 11.3 Å². The van der Waals surface area contributed by atoms with Crippen molar-refractivity contribution in [2.75, 3.05) is 24.5 Å². The van der Waals surface area contributed by atoms with Crippen LogP contribution in [0.1, 0.15) is 30.7 Å². The lowest BCUT2D eigenvalue weighted by atomic mass is 9.96. The van der Waals surface area contributed by atoms with Gasteiger partial charge in [0.25, 0.3) is 0 Å². The van der Waals surface area contributed by atoms with E-state index in [0.717, 1.165) is 54.4 Å². The molecule has 0 bridgehead atoms. The Morgan fingerprint density at radius 1 is 1.19 bits per heavy atom. The maximum Gasteiger partial charge on any atom is 0.221 e. The molecule has 3 heterocycles. The van der Waals surface area contributed by atoms with E-state index in [1.807, 2.05) is 30.7 Å². The van der Waals surface area contributed by atoms with Crippen LogP contribution in [0.5, 0.6) is 0 Å². The van der Waals surface area contributed by atoms with Gasteiger partial charge in [0.05, 0.1) is 11.4 Å². The predicted molar refractivity (Wildman–Crippen MR) is 118 cm³/mol. The second-order valence-corrected chi connectivity index (χ2v) is 8.28. The SMILES string of the molecule is Cc1cc(C)n(CCC(=O)NCC2CCN(c3cc(-c4ccc(F)cc4)[nH]n3)CC2)n1. The lowest BCUT2D eigenvalue weighted by Gasteiger charge is -2.32. The van der Waals surface area contributed by atoms with Gasteiger partial charge in [0, 0.05) is 44.4 Å². The van der Waals surface area contributed by atoms with Crippen molar-refractivity contribution in [1.82, 2.24) is 25.3 Å². The number of amides is 1. The van der Waals surface area contributed by atoms with Crippen LogP contribution in [0.25, 0.3) is 11.3 Å². The van der Waals surface area contributed by atoms with E-state index in [4.69, 9.17) is 0 Å². The summed E-state index contributed by atoms with van der Waals surface area (Å²) in [7, 11) is 0. The number of aromatic amines is 1. The van der Waals surface area contributed by atoms with Gasteiger partial charge in [-0.15, -0.1) is 0 Å². The van der Waals surface area contributed by atoms with Crippen LogP contribution >= 0.6 is 0 Å². The normalized spacial score (nSPS) is 14.7. The number of hydrogen-bond donors (Lipinski definition) is 2. The summed E-state index contributed by atoms with van der Waals surface area (Å²) < 4.78 is 15.0. The third kappa shape index (κ3) is 5.31. The molecule has 31 heavy (non-hydrogen) atoms. The Morgan fingerprint density at radius 3 is 2.61 bits per heavy atom. The Labute approximate surface area is 181 Å². The Hall–Kier alpha value is -3.16. The number of aromatic nitrogens is 4. The molecular formula is C23H29FN6O. The van der Waals surface area contributed by atoms with Crippen molar-refractivity contribution in [3.8, 4) is 11.3 Å². The minimum absolute atomic E-state index is 0.0752. The number of anilines is 1. The number of halogens is 1. The van der Waals surface area contributed by atoms with E-state index < -0.39 is 0 Å². The van der Waals surface area contributed by atoms with Crippen molar-refractivity contribution in [1.29, 1.82) is 0 Å². The van der Waals surface area contributed by atoms with E-state index in [9.17, 15) is 9.18 Å². The van der Waals surface area contributed by atoms with Crippen molar-refractivity contribution in [3.63, 3.8) is 0 Å². The molecule has 2 aromatic heterocycles. The number of carbonyl (C=O) groups excluding carboxylic acids is 1. The van der Waals surface area contributed by atoms with Gasteiger partial charge in [-0.05, 0) is 68.5 Å². The van der Waals surface area contributed by atoms with Gasteiger partial charge in [0.2, 0.25) is 5.91 Å². The first-order chi connectivity index (χ1) is 15.0. The Morgan fingerprint density at radius 2 is 1.94 bits per heavy atom. The van der Waals surface area contributed by atoms with Gasteiger partial charge in [-0.2, -0.15) is 10.2 Å². The summed E-state index contributed by atoms with van der Waals surface area (Å²) >= 11 is 0. The molecule has 164 valence electrons. The van der Waals surface area contributed by atoms with Crippen LogP contribution in [0.2, 0.25) is 0 Å². The van der Waals surface area contributed by atoms with Gasteiger partial charge >= 0.3 is 0 Å². The van der Waals surface area contributed by atoms with E-state index >= 15 is 0 Å². The molecule has 1 aliphatic rings. The van der Waals surface area contributed by atoms with E-state index in [0.29, 0.717) is 25.4 Å². The summed E-state index contributed by atoms with van der Waals surface area (Å²) in [5.74, 6) is 1.21. The zero-order valence-corrected chi connectivity index (χ0v) is 18.1. The molecule has 0 aliphatic carbocycles. The molecule has 1 fully saturated rings. The average Bonchev–Trinajstić information content (AvgIpc) is 3.38. The van der Waals surface area contributed by atoms with Crippen molar-refractivity contribution in [2.24, 2.45) is 5.92 Å². The van der Waals surface area contributed by atoms with Crippen LogP contribution in [0, 0.1) is 25.6 Å². The highest BCUT2D eigenvalue weighted by atomic mass is 19.1. The zero-order chi connectivity index (χ0) is 21.8. The number of nitrogens with one attached hydrogen (secondary N) is 2. The number of aryl methyl sites for hydroxylation is 3. The fourth-order valence-electron chi connectivity index (χ4n) is 4.07. The van der Waals surface area contributed by atoms with E-state index in [1.54, 1.807) is 12.1 Å². The van der Waals surface area contributed by atoms with Gasteiger partial charge < -0.3 is 10.2 Å². The number of H-pyrrole nitrogens is 1. The smallest absolute Gasteiger partial charge is 0.221 e. The highest BCUT2D eigenvalue weighted by Gasteiger charge is 2.21. The average molecular weight is 425 g/mol. The molecule has 1 saturated heterocycles. The molecule has 0 atom stereocenters. The van der Waals surface area contributed by atoms with Crippen molar-refractivity contribution >= 4 is 11.7 Å². The highest BCUT2D eigenvalue weighted by molar-refractivity contribution is 5.75. The van der Waals surface area contributed by atoms with E-state index in [2.05, 4.69) is 25.5 Å². The molecule has 0 radical (unpaired) electrons. The third-order valence-electron chi connectivity index (χ3n) is 5.90. The highest BCUT2D eigenvalue weighted by Crippen LogP contribution is 2.25. The zero-order valence-electron chi connectivity index (χ0n) is 18.1. The molecular weight excluding hydrogens is 395 g/mol. The molecule has 0 saturated carbocycles. The number of carbonyl (C=O) groups is 1. The summed E-state index contributed by atoms with van der Waals surface area (Å²) in [5, 5.41) is 15.0. The van der Waals surface area contributed by atoms with E-state index in [1.165, 1.54) is 12.1 Å². The first kappa shape index (κ1) is 21.1. The maximum absolute atomic E-state index is 13.1. The fourth-order valence-corrected chi connectivity index (χ4v) is 4.07. The minimum atomic E-state index is -0.246. The van der Waals surface area contributed by atoms with Crippen LogP contribution in [-0.4, -0.2) is 45.5 Å². The summed E-state index contributed by atoms with van der Waals surface area (Å²) in [6.07, 6.45) is 2.47. The minimum Gasteiger partial charge on any atom is -0.356 e. The molecule has 3 aromatic rings. The number of benzene rings is 1. The molecule has 7 nitrogen and oxygen atoms in total. The summed E-state index contributed by atoms with van der Waals surface area (Å²) in [4.78, 5) is 14.5. The van der Waals surface area contributed by atoms with Gasteiger partial charge in [0.15, 0.2) is 5.82 Å². The lowest BCUT2D eigenvalue weighted by molar-refractivity contribution is -0.121. The molecule has 2 N–H and O–H groups in total. The lowest BCUT2D eigenvalue weighted by Crippen LogP contribution is -2.39. The van der Waals surface area contributed by atoms with E-state index in [-0.39, 0.29) is 11.7 Å². The van der Waals surface area contributed by atoms with Crippen LogP contribution in [0.4, 0.5) is 10.2 Å². The first-order valence-corrected chi connectivity index (χ1v) is 10.8. The molecule has 4 rings (SSSR count). The van der Waals surface area contributed by atoms with Gasteiger partial charge in [-0.25, -0.2) is 4.39 Å². The second-order valence-electron chi connectivity index (χ2n) is 8.28. The Kier molecular flexibility index (Phi) is 6.34. The predicted octanol–water partition coefficient (Wildman–Crippen LogP) is 3.45. The number of hydrogen-bond acceptors (Lipinski definition) is 4. The number of rotatable bonds is 7. The third-order valence-corrected chi connectivity index (χ3v) is 5.90. The summed E-state index contributed by atoms with van der Waals surface area (Å²) in [5.41, 5.74) is 3.86. The molecule has 1 aromatic carbocycles. The molecule has 8 heteroatoms. The quantitative estimate of drug-likeness (QED) is 0.609. The fraction of sp³-hybridized carbons (Fsp3) is 0.435. The van der Waals surface area contributed by atoms with Crippen LogP contribution in [0.3, 0.4) is 0 Å². The monoisotopic (exact) mass is 424 g/mol. The van der Waals surface area contributed by atoms with Crippen molar-refractivity contribution in [3.05, 3.63) is 53.6 Å². The van der Waals surface area contributed by atoms with Crippen LogP contribution in [0.15, 0.2) is 36.4 Å². The van der Waals surface area contributed by atoms with Crippen molar-refractivity contribution < 1.29 is 9.18 Å². The largest absolute Gasteiger partial charge is 0.356 e. The second kappa shape index (κ2) is 9.32. The van der Waals surface area contributed by atoms with Gasteiger partial charge in [0.1, 0.15) is 5.82 Å². The Bertz CT molecular complexity index is 1020. The molecule has 1 aliphatic heterocycles. The Balaban J connectivity index is 1.20. The van der Waals surface area contributed by atoms with Gasteiger partial charge in [-0.3, -0.25) is 14.6 Å².